The lowest BCUT2D eigenvalue weighted by Gasteiger charge is -2.39. The summed E-state index contributed by atoms with van der Waals surface area (Å²) >= 11 is 0. The number of primary amides is 1. The van der Waals surface area contributed by atoms with E-state index in [9.17, 15) is 4.79 Å². The normalized spacial score (nSPS) is 42.1. The summed E-state index contributed by atoms with van der Waals surface area (Å²) < 4.78 is 5.75. The number of rotatable bonds is 3. The molecule has 18 heavy (non-hydrogen) atoms. The number of carbonyl (C=O) groups excluding carboxylic acids is 1. The van der Waals surface area contributed by atoms with Crippen LogP contribution in [0.4, 0.5) is 0 Å². The molecule has 0 radical (unpaired) electrons. The van der Waals surface area contributed by atoms with Crippen molar-refractivity contribution in [3.05, 3.63) is 0 Å². The van der Waals surface area contributed by atoms with Gasteiger partial charge in [0.05, 0.1) is 17.7 Å². The third-order valence-electron chi connectivity index (χ3n) is 4.40. The number of nitrogens with zero attached hydrogens (tertiary/aromatic N) is 1. The Kier molecular flexibility index (Phi) is 3.94. The van der Waals surface area contributed by atoms with Crippen molar-refractivity contribution in [1.29, 1.82) is 0 Å². The van der Waals surface area contributed by atoms with Crippen molar-refractivity contribution in [3.8, 4) is 0 Å². The van der Waals surface area contributed by atoms with Crippen molar-refractivity contribution in [2.24, 2.45) is 5.73 Å². The molecule has 0 spiro atoms. The van der Waals surface area contributed by atoms with Gasteiger partial charge in [-0.1, -0.05) is 0 Å². The second-order valence-corrected chi connectivity index (χ2v) is 5.80. The molecule has 5 heteroatoms. The Balaban J connectivity index is 2.02. The zero-order chi connectivity index (χ0) is 13.3. The van der Waals surface area contributed by atoms with Gasteiger partial charge < -0.3 is 15.8 Å². The van der Waals surface area contributed by atoms with Gasteiger partial charge in [0.25, 0.3) is 0 Å². The fourth-order valence-corrected chi connectivity index (χ4v) is 3.42. The smallest absolute Gasteiger partial charge is 0.237 e. The van der Waals surface area contributed by atoms with Crippen molar-refractivity contribution in [2.45, 2.75) is 56.9 Å². The lowest BCUT2D eigenvalue weighted by atomic mass is 9.96. The molecule has 2 unspecified atom stereocenters. The highest BCUT2D eigenvalue weighted by atomic mass is 16.5. The number of nitrogens with one attached hydrogen (secondary N) is 1. The molecule has 0 aromatic heterocycles. The summed E-state index contributed by atoms with van der Waals surface area (Å²) in [6, 6.07) is 0.443. The molecule has 2 rings (SSSR count). The van der Waals surface area contributed by atoms with Crippen molar-refractivity contribution >= 4 is 5.91 Å². The van der Waals surface area contributed by atoms with Crippen LogP contribution in [0.25, 0.3) is 0 Å². The van der Waals surface area contributed by atoms with E-state index < -0.39 is 5.54 Å². The molecule has 1 heterocycles. The fourth-order valence-electron chi connectivity index (χ4n) is 3.42. The zero-order valence-corrected chi connectivity index (χ0v) is 11.6. The Hall–Kier alpha value is -0.650. The lowest BCUT2D eigenvalue weighted by molar-refractivity contribution is -0.124. The zero-order valence-electron chi connectivity index (χ0n) is 11.6. The molecule has 2 aliphatic rings. The van der Waals surface area contributed by atoms with Gasteiger partial charge in [0.1, 0.15) is 0 Å². The molecule has 0 aromatic rings. The van der Waals surface area contributed by atoms with Crippen LogP contribution in [-0.2, 0) is 9.53 Å². The molecule has 1 amide bonds. The minimum atomic E-state index is -0.505. The molecule has 2 fully saturated rings. The van der Waals surface area contributed by atoms with E-state index in [1.54, 1.807) is 0 Å². The van der Waals surface area contributed by atoms with Crippen LogP contribution in [0.3, 0.4) is 0 Å². The SMILES string of the molecule is CNC1(C(N)=O)CCC(N2C[C@@H](C)O[C@@H](C)C2)C1. The molecular weight excluding hydrogens is 230 g/mol. The van der Waals surface area contributed by atoms with Gasteiger partial charge >= 0.3 is 0 Å². The average molecular weight is 255 g/mol. The summed E-state index contributed by atoms with van der Waals surface area (Å²) in [7, 11) is 1.83. The fraction of sp³-hybridized carbons (Fsp3) is 0.923. The van der Waals surface area contributed by atoms with Crippen LogP contribution >= 0.6 is 0 Å². The number of nitrogens with two attached hydrogens (primary N) is 1. The van der Waals surface area contributed by atoms with Crippen LogP contribution in [0.2, 0.25) is 0 Å². The van der Waals surface area contributed by atoms with E-state index in [2.05, 4.69) is 24.1 Å². The summed E-state index contributed by atoms with van der Waals surface area (Å²) in [5, 5.41) is 3.14. The minimum absolute atomic E-state index is 0.221. The minimum Gasteiger partial charge on any atom is -0.373 e. The van der Waals surface area contributed by atoms with Crippen molar-refractivity contribution < 1.29 is 9.53 Å². The predicted molar refractivity (Wildman–Crippen MR) is 70.2 cm³/mol. The molecule has 0 aromatic carbocycles. The number of hydrogen-bond donors (Lipinski definition) is 2. The van der Waals surface area contributed by atoms with Crippen molar-refractivity contribution in [1.82, 2.24) is 10.2 Å². The predicted octanol–water partition coefficient (Wildman–Crippen LogP) is 0.0916. The monoisotopic (exact) mass is 255 g/mol. The third kappa shape index (κ3) is 2.53. The molecule has 5 nitrogen and oxygen atoms in total. The van der Waals surface area contributed by atoms with Crippen molar-refractivity contribution in [3.63, 3.8) is 0 Å². The van der Waals surface area contributed by atoms with Gasteiger partial charge in [-0.2, -0.15) is 0 Å². The first-order valence-corrected chi connectivity index (χ1v) is 6.85. The van der Waals surface area contributed by atoms with E-state index in [1.807, 2.05) is 7.05 Å². The molecule has 1 saturated heterocycles. The summed E-state index contributed by atoms with van der Waals surface area (Å²) in [4.78, 5) is 14.1. The van der Waals surface area contributed by atoms with E-state index in [4.69, 9.17) is 10.5 Å². The summed E-state index contributed by atoms with van der Waals surface area (Å²) in [5.41, 5.74) is 5.04. The van der Waals surface area contributed by atoms with E-state index >= 15 is 0 Å². The van der Waals surface area contributed by atoms with E-state index in [0.29, 0.717) is 6.04 Å². The van der Waals surface area contributed by atoms with Crippen molar-refractivity contribution in [2.75, 3.05) is 20.1 Å². The number of hydrogen-bond acceptors (Lipinski definition) is 4. The topological polar surface area (TPSA) is 67.6 Å². The molecule has 0 bridgehead atoms. The van der Waals surface area contributed by atoms with Gasteiger partial charge in [0.15, 0.2) is 0 Å². The Morgan fingerprint density at radius 2 is 2.00 bits per heavy atom. The maximum absolute atomic E-state index is 11.6. The largest absolute Gasteiger partial charge is 0.373 e. The van der Waals surface area contributed by atoms with Crippen LogP contribution in [0.5, 0.6) is 0 Å². The first kappa shape index (κ1) is 13.8. The molecule has 1 saturated carbocycles. The summed E-state index contributed by atoms with van der Waals surface area (Å²) in [6.45, 7) is 6.12. The molecule has 3 N–H and O–H groups in total. The average Bonchev–Trinajstić information content (AvgIpc) is 2.73. The second kappa shape index (κ2) is 5.15. The van der Waals surface area contributed by atoms with Gasteiger partial charge in [-0.15, -0.1) is 0 Å². The Labute approximate surface area is 109 Å². The first-order chi connectivity index (χ1) is 8.47. The Bertz CT molecular complexity index is 313. The highest BCUT2D eigenvalue weighted by molar-refractivity contribution is 5.85. The maximum atomic E-state index is 11.6. The third-order valence-corrected chi connectivity index (χ3v) is 4.40. The van der Waals surface area contributed by atoms with Gasteiger partial charge in [0.2, 0.25) is 5.91 Å². The van der Waals surface area contributed by atoms with Crippen LogP contribution in [0.1, 0.15) is 33.1 Å². The van der Waals surface area contributed by atoms with Gasteiger partial charge in [0, 0.05) is 19.1 Å². The molecule has 1 aliphatic carbocycles. The highest BCUT2D eigenvalue weighted by Gasteiger charge is 2.45. The quantitative estimate of drug-likeness (QED) is 0.750. The van der Waals surface area contributed by atoms with Gasteiger partial charge in [-0.25, -0.2) is 0 Å². The van der Waals surface area contributed by atoms with Crippen LogP contribution in [-0.4, -0.2) is 54.7 Å². The van der Waals surface area contributed by atoms with Gasteiger partial charge in [-0.05, 0) is 40.2 Å². The first-order valence-electron chi connectivity index (χ1n) is 6.85. The van der Waals surface area contributed by atoms with Crippen LogP contribution < -0.4 is 11.1 Å². The summed E-state index contributed by atoms with van der Waals surface area (Å²) in [5.74, 6) is -0.221. The lowest BCUT2D eigenvalue weighted by Crippen LogP contribution is -2.54. The van der Waals surface area contributed by atoms with E-state index in [1.165, 1.54) is 0 Å². The molecular formula is C13H25N3O2. The van der Waals surface area contributed by atoms with E-state index in [0.717, 1.165) is 32.4 Å². The summed E-state index contributed by atoms with van der Waals surface area (Å²) in [6.07, 6.45) is 3.23. The number of ether oxygens (including phenoxy) is 1. The standard InChI is InChI=1S/C13H25N3O2/c1-9-7-16(8-10(2)18-9)11-4-5-13(6-11,15-3)12(14)17/h9-11,15H,4-8H2,1-3H3,(H2,14,17)/t9-,10+,11?,13?. The highest BCUT2D eigenvalue weighted by Crippen LogP contribution is 2.34. The number of amides is 1. The van der Waals surface area contributed by atoms with E-state index in [-0.39, 0.29) is 18.1 Å². The number of morpholine rings is 1. The number of carbonyl (C=O) groups is 1. The number of likely N-dealkylation sites (N-methyl/N-ethyl adjacent to an activating group) is 1. The Morgan fingerprint density at radius 3 is 2.44 bits per heavy atom. The van der Waals surface area contributed by atoms with Crippen LogP contribution in [0, 0.1) is 0 Å². The molecule has 4 atom stereocenters. The molecule has 104 valence electrons. The van der Waals surface area contributed by atoms with Gasteiger partial charge in [-0.3, -0.25) is 9.69 Å². The van der Waals surface area contributed by atoms with Crippen LogP contribution in [0.15, 0.2) is 0 Å². The Morgan fingerprint density at radius 1 is 1.39 bits per heavy atom. The second-order valence-electron chi connectivity index (χ2n) is 5.80. The molecule has 1 aliphatic heterocycles. The maximum Gasteiger partial charge on any atom is 0.237 e.